The summed E-state index contributed by atoms with van der Waals surface area (Å²) in [5, 5.41) is 0.312. The smallest absolute Gasteiger partial charge is 0.166 e. The van der Waals surface area contributed by atoms with Gasteiger partial charge < -0.3 is 4.90 Å². The zero-order valence-electron chi connectivity index (χ0n) is 11.5. The normalized spacial score (nSPS) is 26.2. The van der Waals surface area contributed by atoms with Crippen LogP contribution in [0.2, 0.25) is 5.02 Å². The number of hydrogen-bond donors (Lipinski definition) is 0. The van der Waals surface area contributed by atoms with Gasteiger partial charge in [-0.05, 0) is 6.42 Å². The van der Waals surface area contributed by atoms with Gasteiger partial charge in [0, 0.05) is 38.4 Å². The molecule has 2 aliphatic rings. The SMILES string of the molecule is O=S1(=O)CCC(N2CCN(c3c(F)cncc3Cl)CC2)C1. The Morgan fingerprint density at radius 2 is 1.95 bits per heavy atom. The Hall–Kier alpha value is -0.920. The summed E-state index contributed by atoms with van der Waals surface area (Å²) in [6, 6.07) is 0.106. The van der Waals surface area contributed by atoms with Crippen molar-refractivity contribution in [3.8, 4) is 0 Å². The van der Waals surface area contributed by atoms with Gasteiger partial charge in [0.2, 0.25) is 0 Å². The minimum atomic E-state index is -2.87. The fourth-order valence-electron chi connectivity index (χ4n) is 3.08. The molecule has 0 aromatic carbocycles. The Bertz CT molecular complexity index is 612. The number of pyridine rings is 1. The summed E-state index contributed by atoms with van der Waals surface area (Å²) in [4.78, 5) is 7.81. The first-order valence-corrected chi connectivity index (χ1v) is 9.14. The number of nitrogens with zero attached hydrogens (tertiary/aromatic N) is 3. The highest BCUT2D eigenvalue weighted by Crippen LogP contribution is 2.29. The van der Waals surface area contributed by atoms with E-state index in [2.05, 4.69) is 9.88 Å². The molecule has 1 unspecified atom stereocenters. The van der Waals surface area contributed by atoms with Crippen LogP contribution in [0.25, 0.3) is 0 Å². The van der Waals surface area contributed by atoms with E-state index in [4.69, 9.17) is 11.6 Å². The molecule has 2 aliphatic heterocycles. The molecule has 21 heavy (non-hydrogen) atoms. The molecular formula is C13H17ClFN3O2S. The number of hydrogen-bond acceptors (Lipinski definition) is 5. The second-order valence-corrected chi connectivity index (χ2v) is 8.17. The first-order valence-electron chi connectivity index (χ1n) is 6.95. The highest BCUT2D eigenvalue weighted by molar-refractivity contribution is 7.91. The van der Waals surface area contributed by atoms with Crippen molar-refractivity contribution in [2.75, 3.05) is 42.6 Å². The lowest BCUT2D eigenvalue weighted by atomic mass is 10.2. The van der Waals surface area contributed by atoms with Crippen LogP contribution in [-0.2, 0) is 9.84 Å². The van der Waals surface area contributed by atoms with Gasteiger partial charge in [-0.3, -0.25) is 9.88 Å². The summed E-state index contributed by atoms with van der Waals surface area (Å²) in [6.45, 7) is 2.71. The largest absolute Gasteiger partial charge is 0.365 e. The van der Waals surface area contributed by atoms with E-state index in [1.54, 1.807) is 0 Å². The third-order valence-corrected chi connectivity index (χ3v) is 6.21. The Kier molecular flexibility index (Phi) is 4.07. The van der Waals surface area contributed by atoms with Crippen molar-refractivity contribution in [3.05, 3.63) is 23.2 Å². The standard InChI is InChI=1S/C13H17ClFN3O2S/c14-11-7-16-8-12(15)13(11)18-4-2-17(3-5-18)10-1-6-21(19,20)9-10/h7-8,10H,1-6,9H2. The molecule has 116 valence electrons. The van der Waals surface area contributed by atoms with E-state index in [-0.39, 0.29) is 17.5 Å². The maximum Gasteiger partial charge on any atom is 0.166 e. The van der Waals surface area contributed by atoms with Crippen molar-refractivity contribution in [3.63, 3.8) is 0 Å². The molecule has 0 saturated carbocycles. The molecule has 2 fully saturated rings. The second-order valence-electron chi connectivity index (χ2n) is 5.53. The van der Waals surface area contributed by atoms with Crippen molar-refractivity contribution in [2.24, 2.45) is 0 Å². The lowest BCUT2D eigenvalue weighted by molar-refractivity contribution is 0.200. The summed E-state index contributed by atoms with van der Waals surface area (Å²) >= 11 is 6.03. The molecule has 0 amide bonds. The fourth-order valence-corrected chi connectivity index (χ4v) is 5.11. The van der Waals surface area contributed by atoms with E-state index in [0.717, 1.165) is 19.3 Å². The van der Waals surface area contributed by atoms with Crippen molar-refractivity contribution >= 4 is 27.1 Å². The Balaban J connectivity index is 1.66. The number of piperazine rings is 1. The summed E-state index contributed by atoms with van der Waals surface area (Å²) in [5.41, 5.74) is 0.394. The van der Waals surface area contributed by atoms with Gasteiger partial charge in [0.15, 0.2) is 15.7 Å². The highest BCUT2D eigenvalue weighted by Gasteiger charge is 2.34. The van der Waals surface area contributed by atoms with Gasteiger partial charge in [-0.1, -0.05) is 11.6 Å². The van der Waals surface area contributed by atoms with E-state index >= 15 is 0 Å². The van der Waals surface area contributed by atoms with Gasteiger partial charge in [-0.25, -0.2) is 12.8 Å². The summed E-state index contributed by atoms with van der Waals surface area (Å²) < 4.78 is 36.9. The average Bonchev–Trinajstić information content (AvgIpc) is 2.80. The van der Waals surface area contributed by atoms with Crippen LogP contribution in [0.4, 0.5) is 10.1 Å². The van der Waals surface area contributed by atoms with Gasteiger partial charge in [0.05, 0.1) is 28.4 Å². The highest BCUT2D eigenvalue weighted by atomic mass is 35.5. The minimum Gasteiger partial charge on any atom is -0.365 e. The summed E-state index contributed by atoms with van der Waals surface area (Å²) in [6.07, 6.45) is 3.31. The molecule has 0 N–H and O–H groups in total. The first kappa shape index (κ1) is 15.0. The van der Waals surface area contributed by atoms with Crippen LogP contribution in [0.3, 0.4) is 0 Å². The Morgan fingerprint density at radius 3 is 2.52 bits per heavy atom. The average molecular weight is 334 g/mol. The molecule has 0 aliphatic carbocycles. The van der Waals surface area contributed by atoms with E-state index in [1.807, 2.05) is 4.90 Å². The molecule has 3 rings (SSSR count). The number of anilines is 1. The first-order chi connectivity index (χ1) is 9.96. The molecule has 0 spiro atoms. The molecule has 0 bridgehead atoms. The molecule has 2 saturated heterocycles. The summed E-state index contributed by atoms with van der Waals surface area (Å²) in [7, 11) is -2.87. The van der Waals surface area contributed by atoms with Crippen LogP contribution < -0.4 is 4.90 Å². The van der Waals surface area contributed by atoms with Gasteiger partial charge in [0.25, 0.3) is 0 Å². The number of sulfone groups is 1. The van der Waals surface area contributed by atoms with Gasteiger partial charge >= 0.3 is 0 Å². The van der Waals surface area contributed by atoms with E-state index in [0.29, 0.717) is 30.2 Å². The predicted octanol–water partition coefficient (Wildman–Crippen LogP) is 1.18. The van der Waals surface area contributed by atoms with Crippen LogP contribution in [-0.4, -0.2) is 62.0 Å². The Labute approximate surface area is 128 Å². The maximum absolute atomic E-state index is 13.9. The summed E-state index contributed by atoms with van der Waals surface area (Å²) in [5.74, 6) is 0.111. The van der Waals surface area contributed by atoms with Crippen LogP contribution in [0.5, 0.6) is 0 Å². The van der Waals surface area contributed by atoms with Crippen molar-refractivity contribution in [1.82, 2.24) is 9.88 Å². The van der Waals surface area contributed by atoms with Crippen molar-refractivity contribution in [1.29, 1.82) is 0 Å². The zero-order chi connectivity index (χ0) is 15.0. The van der Waals surface area contributed by atoms with Crippen molar-refractivity contribution < 1.29 is 12.8 Å². The molecule has 1 aromatic rings. The Morgan fingerprint density at radius 1 is 1.24 bits per heavy atom. The zero-order valence-corrected chi connectivity index (χ0v) is 13.1. The molecule has 1 aromatic heterocycles. The number of aromatic nitrogens is 1. The minimum absolute atomic E-state index is 0.106. The quantitative estimate of drug-likeness (QED) is 0.813. The predicted molar refractivity (Wildman–Crippen MR) is 80.0 cm³/mol. The number of halogens is 2. The van der Waals surface area contributed by atoms with Gasteiger partial charge in [-0.2, -0.15) is 0 Å². The van der Waals surface area contributed by atoms with Crippen LogP contribution >= 0.6 is 11.6 Å². The van der Waals surface area contributed by atoms with Gasteiger partial charge in [0.1, 0.15) is 0 Å². The topological polar surface area (TPSA) is 53.5 Å². The maximum atomic E-state index is 13.9. The molecule has 0 radical (unpaired) electrons. The molecule has 3 heterocycles. The third-order valence-electron chi connectivity index (χ3n) is 4.18. The second kappa shape index (κ2) is 5.70. The van der Waals surface area contributed by atoms with Crippen LogP contribution in [0.1, 0.15) is 6.42 Å². The van der Waals surface area contributed by atoms with E-state index < -0.39 is 15.7 Å². The molecule has 8 heteroatoms. The molecule has 5 nitrogen and oxygen atoms in total. The monoisotopic (exact) mass is 333 g/mol. The van der Waals surface area contributed by atoms with E-state index in [1.165, 1.54) is 6.20 Å². The van der Waals surface area contributed by atoms with Crippen LogP contribution in [0, 0.1) is 5.82 Å². The lowest BCUT2D eigenvalue weighted by Gasteiger charge is -2.39. The van der Waals surface area contributed by atoms with E-state index in [9.17, 15) is 12.8 Å². The number of rotatable bonds is 2. The van der Waals surface area contributed by atoms with Crippen LogP contribution in [0.15, 0.2) is 12.4 Å². The third kappa shape index (κ3) is 3.14. The fraction of sp³-hybridized carbons (Fsp3) is 0.615. The molecule has 1 atom stereocenters. The lowest BCUT2D eigenvalue weighted by Crippen LogP contribution is -2.51. The molecular weight excluding hydrogens is 317 g/mol. The van der Waals surface area contributed by atoms with Crippen molar-refractivity contribution in [2.45, 2.75) is 12.5 Å². The van der Waals surface area contributed by atoms with Gasteiger partial charge in [-0.15, -0.1) is 0 Å².